The summed E-state index contributed by atoms with van der Waals surface area (Å²) < 4.78 is 32.5. The molecule has 0 aliphatic carbocycles. The Bertz CT molecular complexity index is 629. The summed E-state index contributed by atoms with van der Waals surface area (Å²) in [6.45, 7) is 8.26. The van der Waals surface area contributed by atoms with Gasteiger partial charge in [0, 0.05) is 6.54 Å². The smallest absolute Gasteiger partial charge is 0.241 e. The van der Waals surface area contributed by atoms with Crippen molar-refractivity contribution in [3.05, 3.63) is 23.8 Å². The Morgan fingerprint density at radius 1 is 1.30 bits per heavy atom. The largest absolute Gasteiger partial charge is 0.494 e. The van der Waals surface area contributed by atoms with Gasteiger partial charge in [0.15, 0.2) is 0 Å². The molecule has 23 heavy (non-hydrogen) atoms. The van der Waals surface area contributed by atoms with E-state index in [1.54, 1.807) is 13.0 Å². The van der Waals surface area contributed by atoms with Gasteiger partial charge in [0.05, 0.1) is 17.5 Å². The number of aryl methyl sites for hydroxylation is 1. The number of unbranched alkanes of at least 4 members (excludes halogenated alkanes) is 1. The minimum atomic E-state index is -3.76. The first kappa shape index (κ1) is 19.4. The van der Waals surface area contributed by atoms with Crippen LogP contribution in [0.5, 0.6) is 5.75 Å². The highest BCUT2D eigenvalue weighted by Crippen LogP contribution is 2.21. The Morgan fingerprint density at radius 3 is 2.57 bits per heavy atom. The first-order valence-electron chi connectivity index (χ1n) is 7.85. The van der Waals surface area contributed by atoms with Gasteiger partial charge in [-0.05, 0) is 51.0 Å². The second kappa shape index (κ2) is 8.88. The molecule has 0 bridgehead atoms. The Morgan fingerprint density at radius 2 is 2.00 bits per heavy atom. The summed E-state index contributed by atoms with van der Waals surface area (Å²) in [5.41, 5.74) is 0.731. The standard InChI is InChI=1S/C16H26N2O4S/c1-5-7-10-17-16(19)13(4)18-23(20,21)14-8-9-15(22-6-2)12(3)11-14/h8-9,11,13,18H,5-7,10H2,1-4H3,(H,17,19)/t13-/m0/s1. The van der Waals surface area contributed by atoms with Crippen molar-refractivity contribution in [3.8, 4) is 5.75 Å². The molecule has 1 amide bonds. The van der Waals surface area contributed by atoms with Gasteiger partial charge in [-0.15, -0.1) is 0 Å². The molecule has 0 aliphatic rings. The van der Waals surface area contributed by atoms with Gasteiger partial charge >= 0.3 is 0 Å². The van der Waals surface area contributed by atoms with E-state index in [-0.39, 0.29) is 10.8 Å². The summed E-state index contributed by atoms with van der Waals surface area (Å²) in [7, 11) is -3.76. The molecule has 6 nitrogen and oxygen atoms in total. The maximum atomic E-state index is 12.4. The molecular weight excluding hydrogens is 316 g/mol. The van der Waals surface area contributed by atoms with Crippen molar-refractivity contribution in [1.29, 1.82) is 0 Å². The molecule has 2 N–H and O–H groups in total. The summed E-state index contributed by atoms with van der Waals surface area (Å²) in [5, 5.41) is 2.71. The molecule has 0 aliphatic heterocycles. The number of rotatable bonds is 9. The SMILES string of the molecule is CCCCNC(=O)[C@H](C)NS(=O)(=O)c1ccc(OCC)c(C)c1. The Kier molecular flexibility index (Phi) is 7.51. The number of carbonyl (C=O) groups is 1. The number of nitrogens with one attached hydrogen (secondary N) is 2. The number of ether oxygens (including phenoxy) is 1. The normalized spacial score (nSPS) is 12.7. The molecule has 0 unspecified atom stereocenters. The molecule has 0 spiro atoms. The van der Waals surface area contributed by atoms with Gasteiger partial charge < -0.3 is 10.1 Å². The zero-order chi connectivity index (χ0) is 17.5. The molecule has 1 aromatic rings. The van der Waals surface area contributed by atoms with Gasteiger partial charge in [-0.25, -0.2) is 8.42 Å². The second-order valence-electron chi connectivity index (χ2n) is 5.35. The number of carbonyl (C=O) groups excluding carboxylic acids is 1. The van der Waals surface area contributed by atoms with Crippen molar-refractivity contribution in [3.63, 3.8) is 0 Å². The predicted molar refractivity (Wildman–Crippen MR) is 90.0 cm³/mol. The summed E-state index contributed by atoms with van der Waals surface area (Å²) in [5.74, 6) is 0.321. The molecule has 0 aromatic heterocycles. The van der Waals surface area contributed by atoms with Crippen LogP contribution >= 0.6 is 0 Å². The summed E-state index contributed by atoms with van der Waals surface area (Å²) in [4.78, 5) is 12.0. The molecular formula is C16H26N2O4S. The highest BCUT2D eigenvalue weighted by atomic mass is 32.2. The molecule has 0 saturated carbocycles. The molecule has 0 heterocycles. The second-order valence-corrected chi connectivity index (χ2v) is 7.06. The Balaban J connectivity index is 2.78. The predicted octanol–water partition coefficient (Wildman–Crippen LogP) is 1.98. The van der Waals surface area contributed by atoms with Gasteiger partial charge in [0.1, 0.15) is 5.75 Å². The van der Waals surface area contributed by atoms with Crippen molar-refractivity contribution >= 4 is 15.9 Å². The lowest BCUT2D eigenvalue weighted by Gasteiger charge is -2.15. The molecule has 0 fully saturated rings. The van der Waals surface area contributed by atoms with Gasteiger partial charge in [-0.2, -0.15) is 4.72 Å². The number of amides is 1. The third-order valence-corrected chi connectivity index (χ3v) is 4.85. The Hall–Kier alpha value is -1.60. The van der Waals surface area contributed by atoms with Crippen molar-refractivity contribution in [2.24, 2.45) is 0 Å². The fourth-order valence-electron chi connectivity index (χ4n) is 2.00. The van der Waals surface area contributed by atoms with Crippen molar-refractivity contribution < 1.29 is 17.9 Å². The summed E-state index contributed by atoms with van der Waals surface area (Å²) in [6, 6.07) is 3.81. The molecule has 1 atom stereocenters. The maximum Gasteiger partial charge on any atom is 0.241 e. The van der Waals surface area contributed by atoms with Crippen LogP contribution < -0.4 is 14.8 Å². The number of benzene rings is 1. The minimum Gasteiger partial charge on any atom is -0.494 e. The molecule has 1 rings (SSSR count). The quantitative estimate of drug-likeness (QED) is 0.672. The van der Waals surface area contributed by atoms with E-state index in [1.807, 2.05) is 13.8 Å². The molecule has 0 radical (unpaired) electrons. The number of hydrogen-bond donors (Lipinski definition) is 2. The highest BCUT2D eigenvalue weighted by Gasteiger charge is 2.22. The Labute approximate surface area is 138 Å². The van der Waals surface area contributed by atoms with Crippen LogP contribution in [0.25, 0.3) is 0 Å². The van der Waals surface area contributed by atoms with E-state index in [0.29, 0.717) is 18.9 Å². The van der Waals surface area contributed by atoms with Crippen LogP contribution in [-0.4, -0.2) is 33.5 Å². The summed E-state index contributed by atoms with van der Waals surface area (Å²) in [6.07, 6.45) is 1.83. The molecule has 1 aromatic carbocycles. The molecule has 0 saturated heterocycles. The van der Waals surface area contributed by atoms with Gasteiger partial charge in [-0.3, -0.25) is 4.79 Å². The van der Waals surface area contributed by atoms with E-state index >= 15 is 0 Å². The van der Waals surface area contributed by atoms with Crippen LogP contribution in [0.2, 0.25) is 0 Å². The first-order valence-corrected chi connectivity index (χ1v) is 9.33. The van der Waals surface area contributed by atoms with E-state index in [2.05, 4.69) is 10.0 Å². The summed E-state index contributed by atoms with van der Waals surface area (Å²) >= 11 is 0. The monoisotopic (exact) mass is 342 g/mol. The van der Waals surface area contributed by atoms with Crippen molar-refractivity contribution in [2.45, 2.75) is 51.5 Å². The number of sulfonamides is 1. The van der Waals surface area contributed by atoms with Gasteiger partial charge in [0.2, 0.25) is 15.9 Å². The van der Waals surface area contributed by atoms with Crippen LogP contribution in [0.1, 0.15) is 39.2 Å². The number of hydrogen-bond acceptors (Lipinski definition) is 4. The first-order chi connectivity index (χ1) is 10.8. The van der Waals surface area contributed by atoms with Crippen LogP contribution in [0.15, 0.2) is 23.1 Å². The zero-order valence-corrected chi connectivity index (χ0v) is 15.0. The van der Waals surface area contributed by atoms with E-state index < -0.39 is 16.1 Å². The van der Waals surface area contributed by atoms with Crippen LogP contribution in [0, 0.1) is 6.92 Å². The third kappa shape index (κ3) is 5.84. The fraction of sp³-hybridized carbons (Fsp3) is 0.562. The topological polar surface area (TPSA) is 84.5 Å². The molecule has 7 heteroatoms. The van der Waals surface area contributed by atoms with E-state index in [4.69, 9.17) is 4.74 Å². The third-order valence-electron chi connectivity index (χ3n) is 3.31. The fourth-order valence-corrected chi connectivity index (χ4v) is 3.29. The average Bonchev–Trinajstić information content (AvgIpc) is 2.49. The van der Waals surface area contributed by atoms with Crippen molar-refractivity contribution in [2.75, 3.05) is 13.2 Å². The zero-order valence-electron chi connectivity index (χ0n) is 14.2. The van der Waals surface area contributed by atoms with E-state index in [9.17, 15) is 13.2 Å². The highest BCUT2D eigenvalue weighted by molar-refractivity contribution is 7.89. The van der Waals surface area contributed by atoms with Gasteiger partial charge in [0.25, 0.3) is 0 Å². The van der Waals surface area contributed by atoms with Crippen LogP contribution in [-0.2, 0) is 14.8 Å². The van der Waals surface area contributed by atoms with Gasteiger partial charge in [-0.1, -0.05) is 13.3 Å². The lowest BCUT2D eigenvalue weighted by Crippen LogP contribution is -2.44. The van der Waals surface area contributed by atoms with E-state index in [0.717, 1.165) is 18.4 Å². The van der Waals surface area contributed by atoms with Crippen LogP contribution in [0.4, 0.5) is 0 Å². The van der Waals surface area contributed by atoms with E-state index in [1.165, 1.54) is 19.1 Å². The lowest BCUT2D eigenvalue weighted by atomic mass is 10.2. The average molecular weight is 342 g/mol. The maximum absolute atomic E-state index is 12.4. The minimum absolute atomic E-state index is 0.117. The lowest BCUT2D eigenvalue weighted by molar-refractivity contribution is -0.122. The van der Waals surface area contributed by atoms with Crippen LogP contribution in [0.3, 0.4) is 0 Å². The van der Waals surface area contributed by atoms with Crippen molar-refractivity contribution in [1.82, 2.24) is 10.0 Å². The molecule has 130 valence electrons.